The highest BCUT2D eigenvalue weighted by atomic mass is 16.5. The normalized spacial score (nSPS) is 18.7. The highest BCUT2D eigenvalue weighted by molar-refractivity contribution is 5.97. The third kappa shape index (κ3) is 5.68. The van der Waals surface area contributed by atoms with E-state index in [2.05, 4.69) is 10.6 Å². The number of benzene rings is 1. The van der Waals surface area contributed by atoms with Crippen LogP contribution in [0.2, 0.25) is 0 Å². The molecule has 1 aromatic rings. The summed E-state index contributed by atoms with van der Waals surface area (Å²) in [6, 6.07) is 6.08. The Bertz CT molecular complexity index is 721. The Morgan fingerprint density at radius 3 is 2.52 bits per heavy atom. The predicted molar refractivity (Wildman–Crippen MR) is 94.9 cm³/mol. The number of nitrogens with two attached hydrogens (primary N) is 1. The van der Waals surface area contributed by atoms with Crippen molar-refractivity contribution in [1.29, 1.82) is 0 Å². The summed E-state index contributed by atoms with van der Waals surface area (Å²) >= 11 is 0. The molecule has 10 nitrogen and oxygen atoms in total. The first-order valence-electron chi connectivity index (χ1n) is 8.33. The van der Waals surface area contributed by atoms with Crippen molar-refractivity contribution in [3.63, 3.8) is 0 Å². The van der Waals surface area contributed by atoms with Crippen LogP contribution in [0.25, 0.3) is 0 Å². The maximum absolute atomic E-state index is 12.5. The molecule has 0 spiro atoms. The fourth-order valence-electron chi connectivity index (χ4n) is 2.68. The number of hydrogen-bond acceptors (Lipinski definition) is 6. The SMILES string of the molecule is Cc1ccc(NC(=O)[C@@H]2C[C@@H](OC(=O)CNC(=O)CN)CN2C(=O)O)cc1. The first kappa shape index (κ1) is 20.2. The minimum Gasteiger partial charge on any atom is -0.465 e. The van der Waals surface area contributed by atoms with Gasteiger partial charge in [0.25, 0.3) is 0 Å². The second kappa shape index (κ2) is 8.99. The van der Waals surface area contributed by atoms with Crippen LogP contribution in [-0.4, -0.2) is 65.7 Å². The molecule has 0 unspecified atom stereocenters. The lowest BCUT2D eigenvalue weighted by Gasteiger charge is -2.20. The van der Waals surface area contributed by atoms with Crippen molar-refractivity contribution in [3.8, 4) is 0 Å². The topological polar surface area (TPSA) is 151 Å². The first-order valence-corrected chi connectivity index (χ1v) is 8.33. The minimum atomic E-state index is -1.28. The Labute approximate surface area is 155 Å². The second-order valence-electron chi connectivity index (χ2n) is 6.13. The summed E-state index contributed by atoms with van der Waals surface area (Å²) in [5.74, 6) is -1.75. The summed E-state index contributed by atoms with van der Waals surface area (Å²) in [7, 11) is 0. The molecule has 1 heterocycles. The van der Waals surface area contributed by atoms with Crippen molar-refractivity contribution in [1.82, 2.24) is 10.2 Å². The van der Waals surface area contributed by atoms with Gasteiger partial charge in [0, 0.05) is 12.1 Å². The number of amides is 3. The highest BCUT2D eigenvalue weighted by Gasteiger charge is 2.41. The van der Waals surface area contributed by atoms with Crippen molar-refractivity contribution >= 4 is 29.6 Å². The lowest BCUT2D eigenvalue weighted by Crippen LogP contribution is -2.42. The predicted octanol–water partition coefficient (Wildman–Crippen LogP) is -0.327. The van der Waals surface area contributed by atoms with E-state index in [1.165, 1.54) is 0 Å². The fraction of sp³-hybridized carbons (Fsp3) is 0.412. The molecule has 3 amide bonds. The van der Waals surface area contributed by atoms with Crippen molar-refractivity contribution in [2.75, 3.05) is 25.0 Å². The Kier molecular flexibility index (Phi) is 6.72. The summed E-state index contributed by atoms with van der Waals surface area (Å²) in [6.07, 6.45) is -2.04. The monoisotopic (exact) mass is 378 g/mol. The zero-order valence-electron chi connectivity index (χ0n) is 14.8. The maximum Gasteiger partial charge on any atom is 0.408 e. The molecule has 1 aromatic carbocycles. The van der Waals surface area contributed by atoms with Gasteiger partial charge >= 0.3 is 12.1 Å². The molecule has 1 fully saturated rings. The van der Waals surface area contributed by atoms with Gasteiger partial charge in [-0.05, 0) is 19.1 Å². The van der Waals surface area contributed by atoms with Crippen molar-refractivity contribution < 1.29 is 29.0 Å². The van der Waals surface area contributed by atoms with Gasteiger partial charge in [-0.15, -0.1) is 0 Å². The van der Waals surface area contributed by atoms with Crippen LogP contribution in [0.15, 0.2) is 24.3 Å². The van der Waals surface area contributed by atoms with Crippen molar-refractivity contribution in [3.05, 3.63) is 29.8 Å². The molecule has 1 saturated heterocycles. The molecule has 5 N–H and O–H groups in total. The number of carbonyl (C=O) groups excluding carboxylic acids is 3. The minimum absolute atomic E-state index is 0.0283. The van der Waals surface area contributed by atoms with Gasteiger partial charge in [0.15, 0.2) is 0 Å². The third-order valence-electron chi connectivity index (χ3n) is 4.04. The largest absolute Gasteiger partial charge is 0.465 e. The number of esters is 1. The summed E-state index contributed by atoms with van der Waals surface area (Å²) < 4.78 is 5.15. The van der Waals surface area contributed by atoms with E-state index in [9.17, 15) is 24.3 Å². The average molecular weight is 378 g/mol. The number of carbonyl (C=O) groups is 4. The van der Waals surface area contributed by atoms with E-state index >= 15 is 0 Å². The summed E-state index contributed by atoms with van der Waals surface area (Å²) in [5, 5.41) is 14.3. The molecule has 0 radical (unpaired) electrons. The summed E-state index contributed by atoms with van der Waals surface area (Å²) in [6.45, 7) is 1.14. The molecule has 0 aliphatic carbocycles. The van der Waals surface area contributed by atoms with Gasteiger partial charge in [0.05, 0.1) is 13.1 Å². The molecular weight excluding hydrogens is 356 g/mol. The lowest BCUT2D eigenvalue weighted by atomic mass is 10.1. The van der Waals surface area contributed by atoms with Crippen LogP contribution in [0.3, 0.4) is 0 Å². The number of carboxylic acid groups (broad SMARTS) is 1. The molecular formula is C17H22N4O6. The number of anilines is 1. The molecule has 1 aliphatic heterocycles. The number of aryl methyl sites for hydroxylation is 1. The number of hydrogen-bond donors (Lipinski definition) is 4. The molecule has 10 heteroatoms. The van der Waals surface area contributed by atoms with E-state index in [1.54, 1.807) is 12.1 Å². The number of rotatable bonds is 6. The second-order valence-corrected chi connectivity index (χ2v) is 6.13. The van der Waals surface area contributed by atoms with Gasteiger partial charge in [-0.3, -0.25) is 19.3 Å². The van der Waals surface area contributed by atoms with Crippen LogP contribution in [0.5, 0.6) is 0 Å². The molecule has 0 aromatic heterocycles. The van der Waals surface area contributed by atoms with Crippen LogP contribution < -0.4 is 16.4 Å². The standard InChI is InChI=1S/C17H22N4O6/c1-10-2-4-11(5-3-10)20-16(24)13-6-12(9-21(13)17(25)26)27-15(23)8-19-14(22)7-18/h2-5,12-13H,6-9,18H2,1H3,(H,19,22)(H,20,24)(H,25,26)/t12-,13+/m1/s1. The van der Waals surface area contributed by atoms with E-state index < -0.39 is 36.0 Å². The van der Waals surface area contributed by atoms with E-state index in [-0.39, 0.29) is 26.1 Å². The summed E-state index contributed by atoms with van der Waals surface area (Å²) in [5.41, 5.74) is 6.68. The van der Waals surface area contributed by atoms with Gasteiger partial charge in [-0.2, -0.15) is 0 Å². The van der Waals surface area contributed by atoms with E-state index in [0.29, 0.717) is 5.69 Å². The number of likely N-dealkylation sites (tertiary alicyclic amines) is 1. The Morgan fingerprint density at radius 1 is 1.26 bits per heavy atom. The third-order valence-corrected chi connectivity index (χ3v) is 4.04. The first-order chi connectivity index (χ1) is 12.8. The molecule has 27 heavy (non-hydrogen) atoms. The van der Waals surface area contributed by atoms with Gasteiger partial charge in [-0.25, -0.2) is 4.79 Å². The maximum atomic E-state index is 12.5. The molecule has 2 rings (SSSR count). The lowest BCUT2D eigenvalue weighted by molar-refractivity contribution is -0.148. The van der Waals surface area contributed by atoms with Gasteiger partial charge in [0.1, 0.15) is 18.7 Å². The zero-order valence-corrected chi connectivity index (χ0v) is 14.8. The van der Waals surface area contributed by atoms with Gasteiger partial charge in [-0.1, -0.05) is 17.7 Å². The average Bonchev–Trinajstić information content (AvgIpc) is 3.05. The molecule has 2 atom stereocenters. The summed E-state index contributed by atoms with van der Waals surface area (Å²) in [4.78, 5) is 47.6. The van der Waals surface area contributed by atoms with Crippen LogP contribution >= 0.6 is 0 Å². The molecule has 146 valence electrons. The van der Waals surface area contributed by atoms with E-state index in [1.807, 2.05) is 19.1 Å². The van der Waals surface area contributed by atoms with Crippen LogP contribution in [0.1, 0.15) is 12.0 Å². The van der Waals surface area contributed by atoms with Crippen LogP contribution in [0.4, 0.5) is 10.5 Å². The molecule has 1 aliphatic rings. The number of ether oxygens (including phenoxy) is 1. The van der Waals surface area contributed by atoms with Gasteiger partial charge in [0.2, 0.25) is 11.8 Å². The highest BCUT2D eigenvalue weighted by Crippen LogP contribution is 2.22. The van der Waals surface area contributed by atoms with Crippen molar-refractivity contribution in [2.24, 2.45) is 5.73 Å². The quantitative estimate of drug-likeness (QED) is 0.495. The van der Waals surface area contributed by atoms with Crippen LogP contribution in [-0.2, 0) is 19.1 Å². The zero-order chi connectivity index (χ0) is 20.0. The molecule has 0 saturated carbocycles. The Hall–Kier alpha value is -3.14. The van der Waals surface area contributed by atoms with Crippen LogP contribution in [0, 0.1) is 6.92 Å². The van der Waals surface area contributed by atoms with E-state index in [0.717, 1.165) is 10.5 Å². The fourth-order valence-corrected chi connectivity index (χ4v) is 2.68. The van der Waals surface area contributed by atoms with Crippen molar-refractivity contribution in [2.45, 2.75) is 25.5 Å². The number of nitrogens with one attached hydrogen (secondary N) is 2. The van der Waals surface area contributed by atoms with Gasteiger partial charge < -0.3 is 26.2 Å². The van der Waals surface area contributed by atoms with E-state index in [4.69, 9.17) is 10.5 Å². The Morgan fingerprint density at radius 2 is 1.93 bits per heavy atom. The Balaban J connectivity index is 1.96. The smallest absolute Gasteiger partial charge is 0.408 e. The molecule has 0 bridgehead atoms. The number of nitrogens with zero attached hydrogens (tertiary/aromatic N) is 1.